The van der Waals surface area contributed by atoms with Crippen molar-refractivity contribution in [3.8, 4) is 22.6 Å². The van der Waals surface area contributed by atoms with Gasteiger partial charge in [-0.2, -0.15) is 5.11 Å². The fourth-order valence-corrected chi connectivity index (χ4v) is 12.5. The molecule has 0 saturated carbocycles. The van der Waals surface area contributed by atoms with E-state index in [4.69, 9.17) is 54.4 Å². The highest BCUT2D eigenvalue weighted by Crippen LogP contribution is 2.52. The first-order chi connectivity index (χ1) is 40.0. The monoisotopic (exact) mass is 1110 g/mol. The van der Waals surface area contributed by atoms with Gasteiger partial charge in [0.2, 0.25) is 6.41 Å². The number of hydrogen-bond donors (Lipinski definition) is 5. The van der Waals surface area contributed by atoms with Crippen LogP contribution in [-0.4, -0.2) is 32.4 Å². The van der Waals surface area contributed by atoms with Crippen molar-refractivity contribution in [1.29, 1.82) is 0 Å². The highest BCUT2D eigenvalue weighted by molar-refractivity contribution is 6.33. The smallest absolute Gasteiger partial charge is 0.218 e. The normalized spacial score (nSPS) is 12.9. The number of aromatic hydroxyl groups is 2. The minimum atomic E-state index is -0.844. The lowest BCUT2D eigenvalue weighted by Gasteiger charge is -2.23. The van der Waals surface area contributed by atoms with E-state index < -0.39 is 6.10 Å². The predicted molar refractivity (Wildman–Crippen MR) is 328 cm³/mol. The molecule has 398 valence electrons. The summed E-state index contributed by atoms with van der Waals surface area (Å²) >= 11 is 13.0. The van der Waals surface area contributed by atoms with E-state index in [2.05, 4.69) is 16.9 Å². The lowest BCUT2D eigenvalue weighted by molar-refractivity contribution is -0.106. The molecule has 1 aliphatic carbocycles. The second-order valence-electron chi connectivity index (χ2n) is 20.4. The lowest BCUT2D eigenvalue weighted by atomic mass is 9.82. The molecule has 2 heterocycles. The largest absolute Gasteiger partial charge is 0.505 e. The molecule has 1 amide bonds. The Morgan fingerprint density at radius 1 is 0.549 bits per heavy atom. The fraction of sp³-hybridized carbons (Fsp3) is 0.0746. The second kappa shape index (κ2) is 19.8. The number of fused-ring (bicyclic) bond motifs is 12. The van der Waals surface area contributed by atoms with Crippen molar-refractivity contribution >= 4 is 145 Å². The molecule has 1 unspecified atom stereocenters. The average molecular weight is 1110 g/mol. The van der Waals surface area contributed by atoms with Gasteiger partial charge in [0.25, 0.3) is 0 Å². The minimum absolute atomic E-state index is 0.121. The first kappa shape index (κ1) is 50.5. The number of benzene rings is 11. The summed E-state index contributed by atoms with van der Waals surface area (Å²) in [7, 11) is 0. The first-order valence-corrected chi connectivity index (χ1v) is 27.4. The lowest BCUT2D eigenvalue weighted by Crippen LogP contribution is -2.16. The number of aryl methyl sites for hydroxylation is 2. The molecule has 0 fully saturated rings. The molecule has 11 aromatic carbocycles. The molecule has 0 aliphatic heterocycles. The number of nitrogens with two attached hydrogens (primary N) is 1. The van der Waals surface area contributed by atoms with E-state index in [1.807, 2.05) is 153 Å². The number of para-hydroxylation sites is 1. The van der Waals surface area contributed by atoms with Crippen LogP contribution in [0.25, 0.3) is 87.1 Å². The molecule has 13 nitrogen and oxygen atoms in total. The van der Waals surface area contributed by atoms with Crippen molar-refractivity contribution in [3.63, 3.8) is 0 Å². The van der Waals surface area contributed by atoms with Crippen molar-refractivity contribution in [2.24, 2.45) is 26.4 Å². The SMILES string of the molecule is CCc1ccccc1C(ON)c1cc2ccc3c4cc(Cl)ccc4[nH]c3c2c(N=Nc2ccc3c4c(cccc24)C(=O)c2cc(N=Nc4c(O)c(N(C=O)c5ccccc5CC)cc5ccc6c7cc(Cl)ccc7[nH]c6c45)ccc2-3)c1O. The Labute approximate surface area is 477 Å². The van der Waals surface area contributed by atoms with Crippen LogP contribution in [0.15, 0.2) is 190 Å². The van der Waals surface area contributed by atoms with Gasteiger partial charge < -0.3 is 20.2 Å². The Bertz CT molecular complexity index is 4970. The first-order valence-electron chi connectivity index (χ1n) is 26.7. The number of aromatic amines is 2. The molecule has 14 rings (SSSR count). The summed E-state index contributed by atoms with van der Waals surface area (Å²) < 4.78 is 0. The van der Waals surface area contributed by atoms with Crippen molar-refractivity contribution in [2.45, 2.75) is 32.8 Å². The van der Waals surface area contributed by atoms with E-state index in [-0.39, 0.29) is 34.3 Å². The minimum Gasteiger partial charge on any atom is -0.505 e. The summed E-state index contributed by atoms with van der Waals surface area (Å²) in [6.07, 6.45) is 1.20. The second-order valence-corrected chi connectivity index (χ2v) is 21.3. The Balaban J connectivity index is 0.887. The molecular weight excluding hydrogens is 1070 g/mol. The van der Waals surface area contributed by atoms with E-state index in [0.29, 0.717) is 101 Å². The number of H-pyrrole nitrogens is 2. The van der Waals surface area contributed by atoms with E-state index >= 15 is 0 Å². The zero-order chi connectivity index (χ0) is 56.1. The van der Waals surface area contributed by atoms with Gasteiger partial charge in [-0.1, -0.05) is 134 Å². The fourth-order valence-electron chi connectivity index (χ4n) is 12.2. The molecule has 82 heavy (non-hydrogen) atoms. The topological polar surface area (TPSA) is 194 Å². The summed E-state index contributed by atoms with van der Waals surface area (Å²) in [6.45, 7) is 4.06. The molecule has 6 N–H and O–H groups in total. The van der Waals surface area contributed by atoms with Gasteiger partial charge in [-0.25, -0.2) is 5.90 Å². The Morgan fingerprint density at radius 3 is 1.87 bits per heavy atom. The van der Waals surface area contributed by atoms with Crippen LogP contribution in [0.4, 0.5) is 34.1 Å². The van der Waals surface area contributed by atoms with Gasteiger partial charge in [0, 0.05) is 80.9 Å². The number of amides is 1. The van der Waals surface area contributed by atoms with Gasteiger partial charge in [-0.15, -0.1) is 15.3 Å². The standard InChI is InChI=1S/C67H46Cl2N8O5/c1-3-34-10-5-7-12-41(34)67(82-70)51-28-36-16-21-44-48-30-38(68)18-25-52(48)71-60(44)57(36)62(65(51)80)76-74-54-27-24-43-42-23-20-40(32-50(42)64(79)47-14-9-13-46(54)59(43)47)73-75-63-58-37(17-22-45-49-31-39(69)19-26-53(49)72-61(45)58)29-56(66(63)81)77(33-78)55-15-8-6-11-35(55)4-2/h5-33,67,71-72,80-81H,3-4,70H2,1-2H3. The number of aromatic nitrogens is 2. The number of nitrogens with one attached hydrogen (secondary N) is 2. The molecular formula is C67H46Cl2N8O5. The summed E-state index contributed by atoms with van der Waals surface area (Å²) in [4.78, 5) is 42.1. The number of rotatable bonds is 12. The van der Waals surface area contributed by atoms with Crippen molar-refractivity contribution < 1.29 is 24.6 Å². The molecule has 15 heteroatoms. The molecule has 1 aliphatic rings. The number of halogens is 2. The van der Waals surface area contributed by atoms with Crippen LogP contribution in [0.1, 0.15) is 58.1 Å². The van der Waals surface area contributed by atoms with Gasteiger partial charge in [0.05, 0.1) is 33.8 Å². The van der Waals surface area contributed by atoms with Gasteiger partial charge in [0.15, 0.2) is 11.5 Å². The average Bonchev–Trinajstić information content (AvgIpc) is 4.24. The van der Waals surface area contributed by atoms with Gasteiger partial charge in [-0.05, 0) is 124 Å². The summed E-state index contributed by atoms with van der Waals surface area (Å²) in [5.74, 6) is 5.44. The molecule has 0 bridgehead atoms. The third-order valence-electron chi connectivity index (χ3n) is 16.0. The number of ketones is 1. The van der Waals surface area contributed by atoms with Gasteiger partial charge in [0.1, 0.15) is 23.2 Å². The third-order valence-corrected chi connectivity index (χ3v) is 16.5. The highest BCUT2D eigenvalue weighted by Gasteiger charge is 2.30. The van der Waals surface area contributed by atoms with Crippen LogP contribution < -0.4 is 10.8 Å². The molecule has 0 radical (unpaired) electrons. The summed E-state index contributed by atoms with van der Waals surface area (Å²) in [5, 5.41) is 52.9. The number of azo groups is 2. The van der Waals surface area contributed by atoms with Crippen LogP contribution in [-0.2, 0) is 22.5 Å². The quantitative estimate of drug-likeness (QED) is 0.0459. The Kier molecular flexibility index (Phi) is 12.2. The Hall–Kier alpha value is -9.76. The molecule has 1 atom stereocenters. The molecule has 0 spiro atoms. The van der Waals surface area contributed by atoms with Crippen molar-refractivity contribution in [1.82, 2.24) is 9.97 Å². The van der Waals surface area contributed by atoms with Gasteiger partial charge in [-0.3, -0.25) is 19.3 Å². The summed E-state index contributed by atoms with van der Waals surface area (Å²) in [6, 6.07) is 52.8. The van der Waals surface area contributed by atoms with E-state index in [1.54, 1.807) is 24.3 Å². The van der Waals surface area contributed by atoms with E-state index in [1.165, 1.54) is 4.90 Å². The van der Waals surface area contributed by atoms with Crippen molar-refractivity contribution in [3.05, 3.63) is 213 Å². The van der Waals surface area contributed by atoms with Gasteiger partial charge >= 0.3 is 0 Å². The van der Waals surface area contributed by atoms with Crippen LogP contribution >= 0.6 is 23.2 Å². The van der Waals surface area contributed by atoms with Crippen LogP contribution in [0.3, 0.4) is 0 Å². The number of phenols is 2. The number of hydrogen-bond acceptors (Lipinski definition) is 10. The van der Waals surface area contributed by atoms with E-state index in [0.717, 1.165) is 65.7 Å². The highest BCUT2D eigenvalue weighted by atomic mass is 35.5. The van der Waals surface area contributed by atoms with E-state index in [9.17, 15) is 19.8 Å². The molecule has 2 aromatic heterocycles. The predicted octanol–water partition coefficient (Wildman–Crippen LogP) is 18.6. The maximum atomic E-state index is 14.9. The van der Waals surface area contributed by atoms with Crippen LogP contribution in [0.5, 0.6) is 11.5 Å². The molecule has 0 saturated heterocycles. The number of carbonyl (C=O) groups excluding carboxylic acids is 2. The van der Waals surface area contributed by atoms with Crippen LogP contribution in [0.2, 0.25) is 10.0 Å². The number of phenolic OH excluding ortho intramolecular Hbond substituents is 2. The maximum Gasteiger partial charge on any atom is 0.218 e. The number of nitrogens with zero attached hydrogens (tertiary/aromatic N) is 5. The zero-order valence-corrected chi connectivity index (χ0v) is 45.4. The maximum absolute atomic E-state index is 14.9. The van der Waals surface area contributed by atoms with Crippen LogP contribution in [0, 0.1) is 0 Å². The molecule has 13 aromatic rings. The van der Waals surface area contributed by atoms with Crippen molar-refractivity contribution in [2.75, 3.05) is 4.90 Å². The zero-order valence-electron chi connectivity index (χ0n) is 43.9. The third kappa shape index (κ3) is 7.92. The number of anilines is 2. The Morgan fingerprint density at radius 2 is 1.18 bits per heavy atom. The summed E-state index contributed by atoms with van der Waals surface area (Å²) in [5.41, 5.74) is 10.6. The number of carbonyl (C=O) groups is 2.